The Kier molecular flexibility index (Phi) is 11.5. The molecular weight excluding hydrogens is 558 g/mol. The van der Waals surface area contributed by atoms with Crippen molar-refractivity contribution in [3.05, 3.63) is 29.3 Å². The molecule has 0 radical (unpaired) electrons. The number of phenols is 1. The van der Waals surface area contributed by atoms with Gasteiger partial charge in [-0.2, -0.15) is 26.3 Å². The zero-order valence-electron chi connectivity index (χ0n) is 23.6. The van der Waals surface area contributed by atoms with Gasteiger partial charge in [-0.25, -0.2) is 9.59 Å². The Morgan fingerprint density at radius 1 is 1.02 bits per heavy atom. The fraction of sp³-hybridized carbons (Fsp3) is 0.714. The number of nitrogens with one attached hydrogen (secondary N) is 1. The Labute approximate surface area is 235 Å². The Morgan fingerprint density at radius 2 is 1.59 bits per heavy atom. The van der Waals surface area contributed by atoms with Gasteiger partial charge in [-0.1, -0.05) is 13.0 Å². The largest absolute Gasteiger partial charge is 0.508 e. The van der Waals surface area contributed by atoms with Crippen LogP contribution in [0.3, 0.4) is 0 Å². The summed E-state index contributed by atoms with van der Waals surface area (Å²) in [4.78, 5) is 20.1. The van der Waals surface area contributed by atoms with Crippen molar-refractivity contribution < 1.29 is 51.3 Å². The third-order valence-electron chi connectivity index (χ3n) is 8.90. The molecule has 0 aliphatic heterocycles. The predicted molar refractivity (Wildman–Crippen MR) is 140 cm³/mol. The fourth-order valence-corrected chi connectivity index (χ4v) is 7.09. The van der Waals surface area contributed by atoms with Gasteiger partial charge in [-0.15, -0.1) is 0 Å². The number of likely N-dealkylation sites (N-methyl/N-ethyl adjacent to an activating group) is 1. The van der Waals surface area contributed by atoms with Gasteiger partial charge >= 0.3 is 24.3 Å². The number of phenolic OH excluding ortho intramolecular Hbond substituents is 1. The molecule has 13 heteroatoms. The average Bonchev–Trinajstić information content (AvgIpc) is 3.20. The van der Waals surface area contributed by atoms with Crippen molar-refractivity contribution in [2.24, 2.45) is 23.2 Å². The highest BCUT2D eigenvalue weighted by Crippen LogP contribution is 2.63. The number of rotatable bonds is 5. The van der Waals surface area contributed by atoms with Crippen LogP contribution in [0.25, 0.3) is 0 Å². The van der Waals surface area contributed by atoms with Crippen molar-refractivity contribution in [2.45, 2.75) is 76.7 Å². The van der Waals surface area contributed by atoms with Crippen LogP contribution in [0, 0.1) is 23.2 Å². The minimum absolute atomic E-state index is 0.436. The molecule has 41 heavy (non-hydrogen) atoms. The van der Waals surface area contributed by atoms with Gasteiger partial charge in [0.1, 0.15) is 5.75 Å². The lowest BCUT2D eigenvalue weighted by Gasteiger charge is -2.52. The van der Waals surface area contributed by atoms with Crippen LogP contribution >= 0.6 is 0 Å². The van der Waals surface area contributed by atoms with Gasteiger partial charge in [0.2, 0.25) is 0 Å². The number of alkyl halides is 6. The van der Waals surface area contributed by atoms with E-state index in [1.807, 2.05) is 12.1 Å². The lowest BCUT2D eigenvalue weighted by atomic mass is 9.53. The van der Waals surface area contributed by atoms with Gasteiger partial charge in [0.15, 0.2) is 0 Å². The van der Waals surface area contributed by atoms with E-state index in [0.717, 1.165) is 43.2 Å². The second-order valence-corrected chi connectivity index (χ2v) is 11.7. The molecule has 3 aliphatic carbocycles. The van der Waals surface area contributed by atoms with Crippen LogP contribution in [0.15, 0.2) is 18.2 Å². The highest BCUT2D eigenvalue weighted by atomic mass is 19.4. The van der Waals surface area contributed by atoms with Crippen LogP contribution in [-0.4, -0.2) is 77.7 Å². The number of halogens is 6. The molecule has 3 aliphatic rings. The molecule has 0 bridgehead atoms. The third kappa shape index (κ3) is 8.97. The van der Waals surface area contributed by atoms with Crippen molar-refractivity contribution in [3.8, 4) is 5.75 Å². The number of hydrogen-bond acceptors (Lipinski definition) is 5. The zero-order valence-corrected chi connectivity index (χ0v) is 23.6. The maximum absolute atomic E-state index is 10.6. The van der Waals surface area contributed by atoms with Crippen LogP contribution in [0.5, 0.6) is 5.75 Å². The van der Waals surface area contributed by atoms with Crippen LogP contribution in [0.2, 0.25) is 0 Å². The Balaban J connectivity index is 0.000000349. The molecule has 4 rings (SSSR count). The van der Waals surface area contributed by atoms with E-state index < -0.39 is 24.3 Å². The van der Waals surface area contributed by atoms with Gasteiger partial charge in [-0.05, 0) is 112 Å². The topological polar surface area (TPSA) is 110 Å². The summed E-state index contributed by atoms with van der Waals surface area (Å²) < 4.78 is 63.5. The van der Waals surface area contributed by atoms with E-state index in [1.165, 1.54) is 37.7 Å². The molecule has 7 nitrogen and oxygen atoms in total. The fourth-order valence-electron chi connectivity index (χ4n) is 7.09. The average molecular weight is 599 g/mol. The molecule has 0 heterocycles. The monoisotopic (exact) mass is 598 g/mol. The van der Waals surface area contributed by atoms with Crippen molar-refractivity contribution >= 4 is 11.9 Å². The van der Waals surface area contributed by atoms with Gasteiger partial charge in [-0.3, -0.25) is 0 Å². The molecule has 0 spiro atoms. The molecule has 0 aromatic heterocycles. The first kappa shape index (κ1) is 34.7. The maximum atomic E-state index is 10.6. The van der Waals surface area contributed by atoms with E-state index in [4.69, 9.17) is 19.8 Å². The Morgan fingerprint density at radius 3 is 2.10 bits per heavy atom. The Hall–Kier alpha value is -2.54. The first-order valence-electron chi connectivity index (χ1n) is 13.6. The van der Waals surface area contributed by atoms with Crippen molar-refractivity contribution in [1.29, 1.82) is 0 Å². The minimum atomic E-state index is -5.08. The summed E-state index contributed by atoms with van der Waals surface area (Å²) in [7, 11) is 4.31. The number of aliphatic carboxylic acids is 2. The molecular formula is C28H40F6N2O5. The third-order valence-corrected chi connectivity index (χ3v) is 8.90. The SMILES string of the molecule is CC(NCCN(C)C)[C@H]1CC[C@H]2[C@@H]3CCc4cc(O)ccc4[C@H]3CC[C@]12C.O=C(O)C(F)(F)F.O=C(O)C(F)(F)F. The van der Waals surface area contributed by atoms with E-state index in [0.29, 0.717) is 17.2 Å². The molecule has 1 aromatic carbocycles. The normalized spacial score (nSPS) is 27.7. The van der Waals surface area contributed by atoms with E-state index in [9.17, 15) is 31.4 Å². The molecule has 1 unspecified atom stereocenters. The van der Waals surface area contributed by atoms with E-state index in [-0.39, 0.29) is 0 Å². The number of aryl methyl sites for hydroxylation is 1. The maximum Gasteiger partial charge on any atom is 0.490 e. The highest BCUT2D eigenvalue weighted by molar-refractivity contribution is 5.73. The first-order valence-corrected chi connectivity index (χ1v) is 13.6. The number of aromatic hydroxyl groups is 1. The zero-order chi connectivity index (χ0) is 31.3. The van der Waals surface area contributed by atoms with Crippen molar-refractivity contribution in [1.82, 2.24) is 10.2 Å². The lowest BCUT2D eigenvalue weighted by Crippen LogP contribution is -2.48. The summed E-state index contributed by atoms with van der Waals surface area (Å²) in [6.45, 7) is 7.25. The molecule has 0 saturated heterocycles. The van der Waals surface area contributed by atoms with Gasteiger partial charge < -0.3 is 25.5 Å². The number of fused-ring (bicyclic) bond motifs is 5. The van der Waals surface area contributed by atoms with Crippen LogP contribution in [0.4, 0.5) is 26.3 Å². The number of carboxylic acid groups (broad SMARTS) is 2. The summed E-state index contributed by atoms with van der Waals surface area (Å²) in [6, 6.07) is 6.77. The van der Waals surface area contributed by atoms with Gasteiger partial charge in [0.25, 0.3) is 0 Å². The summed E-state index contributed by atoms with van der Waals surface area (Å²) in [5, 5.41) is 28.0. The van der Waals surface area contributed by atoms with Crippen molar-refractivity contribution in [3.63, 3.8) is 0 Å². The Bertz CT molecular complexity index is 1020. The molecule has 2 fully saturated rings. The van der Waals surface area contributed by atoms with Crippen molar-refractivity contribution in [2.75, 3.05) is 27.2 Å². The number of carboxylic acids is 2. The van der Waals surface area contributed by atoms with Crippen LogP contribution in [0.1, 0.15) is 63.0 Å². The van der Waals surface area contributed by atoms with E-state index in [1.54, 1.807) is 5.56 Å². The first-order chi connectivity index (χ1) is 18.8. The smallest absolute Gasteiger partial charge is 0.490 e. The molecule has 6 atom stereocenters. The summed E-state index contributed by atoms with van der Waals surface area (Å²) in [6.07, 6.45) is -2.20. The summed E-state index contributed by atoms with van der Waals surface area (Å²) in [5.74, 6) is -1.82. The van der Waals surface area contributed by atoms with E-state index >= 15 is 0 Å². The van der Waals surface area contributed by atoms with Gasteiger partial charge in [0, 0.05) is 19.1 Å². The summed E-state index contributed by atoms with van der Waals surface area (Å²) in [5.41, 5.74) is 3.46. The van der Waals surface area contributed by atoms with Crippen LogP contribution < -0.4 is 5.32 Å². The molecule has 0 amide bonds. The second kappa shape index (κ2) is 13.6. The number of carbonyl (C=O) groups is 2. The second-order valence-electron chi connectivity index (χ2n) is 11.7. The molecule has 1 aromatic rings. The quantitative estimate of drug-likeness (QED) is 0.324. The standard InChI is InChI=1S/C24H38N2O.2C2HF3O2/c1-16(25-13-14-26(3)4)22-9-10-23-21-7-5-17-15-18(27)6-8-19(17)20(21)11-12-24(22,23)2;2*3-2(4,5)1(6)7/h6,8,15-16,20-23,25,27H,5,7,9-14H2,1-4H3;2*(H,6,7)/t16?,20-,21-,22-,23+,24-;;/m1../s1. The van der Waals surface area contributed by atoms with E-state index in [2.05, 4.69) is 44.2 Å². The molecule has 2 saturated carbocycles. The minimum Gasteiger partial charge on any atom is -0.508 e. The lowest BCUT2D eigenvalue weighted by molar-refractivity contribution is -0.193. The van der Waals surface area contributed by atoms with Gasteiger partial charge in [0.05, 0.1) is 0 Å². The summed E-state index contributed by atoms with van der Waals surface area (Å²) >= 11 is 0. The number of hydrogen-bond donors (Lipinski definition) is 4. The number of nitrogens with zero attached hydrogens (tertiary/aromatic N) is 1. The number of benzene rings is 1. The highest BCUT2D eigenvalue weighted by Gasteiger charge is 2.55. The molecule has 4 N–H and O–H groups in total. The molecule has 234 valence electrons. The van der Waals surface area contributed by atoms with Crippen LogP contribution in [-0.2, 0) is 16.0 Å². The predicted octanol–water partition coefficient (Wildman–Crippen LogP) is 5.67.